The van der Waals surface area contributed by atoms with Gasteiger partial charge >= 0.3 is 0 Å². The number of likely N-dealkylation sites (N-methyl/N-ethyl adjacent to an activating group) is 1. The molecule has 0 saturated carbocycles. The number of hydrogen-bond donors (Lipinski definition) is 1. The molecule has 112 valence electrons. The monoisotopic (exact) mass is 299 g/mol. The highest BCUT2D eigenvalue weighted by Crippen LogP contribution is 2.24. The first-order valence-electron chi connectivity index (χ1n) is 7.75. The van der Waals surface area contributed by atoms with Crippen molar-refractivity contribution in [3.05, 3.63) is 65.2 Å². The molecule has 0 spiro atoms. The van der Waals surface area contributed by atoms with E-state index in [1.807, 2.05) is 11.8 Å². The fourth-order valence-electron chi connectivity index (χ4n) is 2.58. The quantitative estimate of drug-likeness (QED) is 0.722. The van der Waals surface area contributed by atoms with Crippen LogP contribution < -0.4 is 5.32 Å². The van der Waals surface area contributed by atoms with Crippen molar-refractivity contribution in [2.24, 2.45) is 0 Å². The van der Waals surface area contributed by atoms with E-state index in [1.54, 1.807) is 0 Å². The molecule has 0 aliphatic carbocycles. The maximum absolute atomic E-state index is 3.62. The van der Waals surface area contributed by atoms with E-state index in [0.717, 1.165) is 18.7 Å². The van der Waals surface area contributed by atoms with Crippen LogP contribution in [-0.2, 0) is 6.42 Å². The molecule has 1 unspecified atom stereocenters. The van der Waals surface area contributed by atoms with Gasteiger partial charge in [-0.25, -0.2) is 0 Å². The lowest BCUT2D eigenvalue weighted by atomic mass is 9.96. The van der Waals surface area contributed by atoms with E-state index in [0.29, 0.717) is 6.04 Å². The standard InChI is InChI=1S/C19H25NS/c1-4-20-19(14-17-9-7-6-8-15(17)3)16-10-12-18(13-11-16)21-5-2/h6-13,19-20H,4-5,14H2,1-3H3. The largest absolute Gasteiger partial charge is 0.310 e. The maximum Gasteiger partial charge on any atom is 0.0360 e. The summed E-state index contributed by atoms with van der Waals surface area (Å²) in [6.45, 7) is 7.55. The molecule has 0 heterocycles. The number of benzene rings is 2. The highest BCUT2D eigenvalue weighted by Gasteiger charge is 2.12. The van der Waals surface area contributed by atoms with Crippen molar-refractivity contribution in [2.45, 2.75) is 38.1 Å². The molecule has 2 rings (SSSR count). The van der Waals surface area contributed by atoms with Crippen molar-refractivity contribution < 1.29 is 0 Å². The van der Waals surface area contributed by atoms with Crippen molar-refractivity contribution in [3.8, 4) is 0 Å². The summed E-state index contributed by atoms with van der Waals surface area (Å²) in [5.74, 6) is 1.12. The molecular weight excluding hydrogens is 274 g/mol. The van der Waals surface area contributed by atoms with Crippen LogP contribution in [0.25, 0.3) is 0 Å². The van der Waals surface area contributed by atoms with E-state index in [-0.39, 0.29) is 0 Å². The van der Waals surface area contributed by atoms with Gasteiger partial charge in [-0.3, -0.25) is 0 Å². The van der Waals surface area contributed by atoms with Crippen molar-refractivity contribution in [1.29, 1.82) is 0 Å². The van der Waals surface area contributed by atoms with Crippen molar-refractivity contribution in [2.75, 3.05) is 12.3 Å². The zero-order valence-electron chi connectivity index (χ0n) is 13.2. The number of thioether (sulfide) groups is 1. The van der Waals surface area contributed by atoms with Gasteiger partial charge < -0.3 is 5.32 Å². The molecule has 2 aromatic rings. The van der Waals surface area contributed by atoms with Crippen LogP contribution in [0, 0.1) is 6.92 Å². The lowest BCUT2D eigenvalue weighted by Crippen LogP contribution is -2.23. The average molecular weight is 299 g/mol. The third-order valence-electron chi connectivity index (χ3n) is 3.73. The Kier molecular flexibility index (Phi) is 6.34. The zero-order chi connectivity index (χ0) is 15.1. The van der Waals surface area contributed by atoms with Gasteiger partial charge in [-0.1, -0.05) is 50.2 Å². The van der Waals surface area contributed by atoms with Gasteiger partial charge in [-0.05, 0) is 54.5 Å². The lowest BCUT2D eigenvalue weighted by Gasteiger charge is -2.20. The van der Waals surface area contributed by atoms with E-state index in [1.165, 1.54) is 21.6 Å². The normalized spacial score (nSPS) is 12.3. The molecule has 2 heteroatoms. The molecule has 1 N–H and O–H groups in total. The Labute approximate surface area is 133 Å². The first-order valence-corrected chi connectivity index (χ1v) is 8.73. The third-order valence-corrected chi connectivity index (χ3v) is 4.62. The van der Waals surface area contributed by atoms with E-state index in [2.05, 4.69) is 74.6 Å². The third kappa shape index (κ3) is 4.62. The van der Waals surface area contributed by atoms with Crippen molar-refractivity contribution in [3.63, 3.8) is 0 Å². The topological polar surface area (TPSA) is 12.0 Å². The summed E-state index contributed by atoms with van der Waals surface area (Å²) in [5, 5.41) is 3.62. The van der Waals surface area contributed by atoms with Crippen LogP contribution in [0.15, 0.2) is 53.4 Å². The van der Waals surface area contributed by atoms with Crippen LogP contribution in [0.4, 0.5) is 0 Å². The molecule has 0 aliphatic rings. The molecule has 1 nitrogen and oxygen atoms in total. The van der Waals surface area contributed by atoms with E-state index < -0.39 is 0 Å². The molecule has 0 bridgehead atoms. The van der Waals surface area contributed by atoms with Crippen LogP contribution in [0.1, 0.15) is 36.6 Å². The fourth-order valence-corrected chi connectivity index (χ4v) is 3.24. The summed E-state index contributed by atoms with van der Waals surface area (Å²) in [6.07, 6.45) is 1.04. The zero-order valence-corrected chi connectivity index (χ0v) is 14.0. The van der Waals surface area contributed by atoms with Gasteiger partial charge in [0.2, 0.25) is 0 Å². The number of nitrogens with one attached hydrogen (secondary N) is 1. The molecule has 0 radical (unpaired) electrons. The van der Waals surface area contributed by atoms with Gasteiger partial charge in [-0.2, -0.15) is 0 Å². The van der Waals surface area contributed by atoms with Crippen molar-refractivity contribution in [1.82, 2.24) is 5.32 Å². The van der Waals surface area contributed by atoms with Crippen LogP contribution in [0.2, 0.25) is 0 Å². The Morgan fingerprint density at radius 3 is 2.33 bits per heavy atom. The molecule has 1 atom stereocenters. The summed E-state index contributed by atoms with van der Waals surface area (Å²) in [6, 6.07) is 18.1. The lowest BCUT2D eigenvalue weighted by molar-refractivity contribution is 0.548. The van der Waals surface area contributed by atoms with E-state index in [9.17, 15) is 0 Å². The predicted octanol–water partition coefficient (Wildman–Crippen LogP) is 5.00. The maximum atomic E-state index is 3.62. The summed E-state index contributed by atoms with van der Waals surface area (Å²) < 4.78 is 0. The summed E-state index contributed by atoms with van der Waals surface area (Å²) in [7, 11) is 0. The van der Waals surface area contributed by atoms with E-state index >= 15 is 0 Å². The summed E-state index contributed by atoms with van der Waals surface area (Å²) in [5.41, 5.74) is 4.18. The van der Waals surface area contributed by atoms with Gasteiger partial charge in [0, 0.05) is 10.9 Å². The molecule has 0 saturated heterocycles. The van der Waals surface area contributed by atoms with E-state index in [4.69, 9.17) is 0 Å². The van der Waals surface area contributed by atoms with Crippen LogP contribution in [-0.4, -0.2) is 12.3 Å². The van der Waals surface area contributed by atoms with Crippen LogP contribution in [0.5, 0.6) is 0 Å². The Bertz CT molecular complexity index is 548. The molecular formula is C19H25NS. The molecule has 21 heavy (non-hydrogen) atoms. The van der Waals surface area contributed by atoms with Crippen molar-refractivity contribution >= 4 is 11.8 Å². The highest BCUT2D eigenvalue weighted by atomic mass is 32.2. The van der Waals surface area contributed by atoms with Gasteiger partial charge in [-0.15, -0.1) is 11.8 Å². The number of aryl methyl sites for hydroxylation is 1. The Morgan fingerprint density at radius 2 is 1.71 bits per heavy atom. The number of hydrogen-bond acceptors (Lipinski definition) is 2. The molecule has 0 fully saturated rings. The van der Waals surface area contributed by atoms with Gasteiger partial charge in [0.05, 0.1) is 0 Å². The highest BCUT2D eigenvalue weighted by molar-refractivity contribution is 7.99. The van der Waals surface area contributed by atoms with Gasteiger partial charge in [0.1, 0.15) is 0 Å². The number of rotatable bonds is 7. The first kappa shape index (κ1) is 16.1. The molecule has 0 aliphatic heterocycles. The second kappa shape index (κ2) is 8.26. The minimum Gasteiger partial charge on any atom is -0.310 e. The second-order valence-corrected chi connectivity index (χ2v) is 6.58. The second-order valence-electron chi connectivity index (χ2n) is 5.24. The Balaban J connectivity index is 2.16. The smallest absolute Gasteiger partial charge is 0.0360 e. The molecule has 0 amide bonds. The van der Waals surface area contributed by atoms with Crippen LogP contribution >= 0.6 is 11.8 Å². The van der Waals surface area contributed by atoms with Crippen LogP contribution in [0.3, 0.4) is 0 Å². The van der Waals surface area contributed by atoms with Gasteiger partial charge in [0.25, 0.3) is 0 Å². The Hall–Kier alpha value is -1.25. The minimum absolute atomic E-state index is 0.386. The SMILES string of the molecule is CCNC(Cc1ccccc1C)c1ccc(SCC)cc1. The van der Waals surface area contributed by atoms with Gasteiger partial charge in [0.15, 0.2) is 0 Å². The first-order chi connectivity index (χ1) is 10.2. The Morgan fingerprint density at radius 1 is 1.00 bits per heavy atom. The summed E-state index contributed by atoms with van der Waals surface area (Å²) in [4.78, 5) is 1.35. The molecule has 2 aromatic carbocycles. The molecule has 0 aromatic heterocycles. The predicted molar refractivity (Wildman–Crippen MR) is 94.1 cm³/mol. The summed E-state index contributed by atoms with van der Waals surface area (Å²) >= 11 is 1.90. The average Bonchev–Trinajstić information content (AvgIpc) is 2.50. The fraction of sp³-hybridized carbons (Fsp3) is 0.368. The minimum atomic E-state index is 0.386.